The molecule has 0 aliphatic carbocycles. The number of anilines is 2. The first-order valence-corrected chi connectivity index (χ1v) is 7.95. The summed E-state index contributed by atoms with van der Waals surface area (Å²) in [5.41, 5.74) is 0.746. The van der Waals surface area contributed by atoms with E-state index >= 15 is 0 Å². The number of hydrogen-bond acceptors (Lipinski definition) is 9. The second kappa shape index (κ2) is 9.92. The van der Waals surface area contributed by atoms with Crippen LogP contribution in [-0.4, -0.2) is 60.9 Å². The summed E-state index contributed by atoms with van der Waals surface area (Å²) in [6.45, 7) is -0.342. The fourth-order valence-electron chi connectivity index (χ4n) is 2.04. The summed E-state index contributed by atoms with van der Waals surface area (Å²) in [5, 5.41) is 14.2. The van der Waals surface area contributed by atoms with Crippen molar-refractivity contribution < 1.29 is 28.9 Å². The molecule has 0 bridgehead atoms. The fourth-order valence-corrected chi connectivity index (χ4v) is 2.04. The molecule has 10 nitrogen and oxygen atoms in total. The molecule has 0 atom stereocenters. The average molecular weight is 376 g/mol. The Morgan fingerprint density at radius 1 is 1.11 bits per heavy atom. The molecule has 1 aromatic heterocycles. The van der Waals surface area contributed by atoms with Crippen LogP contribution in [0.1, 0.15) is 10.4 Å². The lowest BCUT2D eigenvalue weighted by Crippen LogP contribution is -2.22. The Labute approximate surface area is 155 Å². The zero-order chi connectivity index (χ0) is 19.6. The van der Waals surface area contributed by atoms with Crippen LogP contribution in [0.4, 0.5) is 11.6 Å². The van der Waals surface area contributed by atoms with Crippen LogP contribution >= 0.6 is 0 Å². The number of methoxy groups -OCH3 is 2. The van der Waals surface area contributed by atoms with E-state index in [0.717, 1.165) is 0 Å². The van der Waals surface area contributed by atoms with E-state index < -0.39 is 18.5 Å². The molecule has 0 spiro atoms. The van der Waals surface area contributed by atoms with Crippen LogP contribution in [0.25, 0.3) is 0 Å². The summed E-state index contributed by atoms with van der Waals surface area (Å²) in [6, 6.07) is 8.07. The zero-order valence-electron chi connectivity index (χ0n) is 14.9. The first kappa shape index (κ1) is 19.9. The van der Waals surface area contributed by atoms with Crippen molar-refractivity contribution in [3.63, 3.8) is 0 Å². The molecule has 1 heterocycles. The summed E-state index contributed by atoms with van der Waals surface area (Å²) < 4.78 is 15.0. The van der Waals surface area contributed by atoms with Gasteiger partial charge < -0.3 is 24.6 Å². The van der Waals surface area contributed by atoms with Gasteiger partial charge in [-0.2, -0.15) is 9.97 Å². The molecule has 2 rings (SSSR count). The maximum absolute atomic E-state index is 12.2. The van der Waals surface area contributed by atoms with E-state index in [4.69, 9.17) is 19.3 Å². The van der Waals surface area contributed by atoms with Gasteiger partial charge in [-0.1, -0.05) is 12.1 Å². The Kier molecular flexibility index (Phi) is 7.32. The molecule has 0 unspecified atom stereocenters. The number of carbonyl (C=O) groups is 2. The van der Waals surface area contributed by atoms with Crippen LogP contribution in [-0.2, 0) is 9.53 Å². The highest BCUT2D eigenvalue weighted by molar-refractivity contribution is 5.98. The molecule has 144 valence electrons. The second-order valence-corrected chi connectivity index (χ2v) is 5.10. The number of para-hydroxylation sites is 1. The Morgan fingerprint density at radius 3 is 2.41 bits per heavy atom. The van der Waals surface area contributed by atoms with E-state index in [1.54, 1.807) is 24.3 Å². The molecule has 0 saturated carbocycles. The summed E-state index contributed by atoms with van der Waals surface area (Å²) in [7, 11) is 2.83. The van der Waals surface area contributed by atoms with Gasteiger partial charge in [0.15, 0.2) is 6.61 Å². The highest BCUT2D eigenvalue weighted by Gasteiger charge is 2.15. The SMILES string of the molecule is COc1cc(OC)nc(NC(=O)COC(=O)c2ccccc2NCCO)n1. The van der Waals surface area contributed by atoms with Gasteiger partial charge in [0.2, 0.25) is 17.7 Å². The third kappa shape index (κ3) is 5.82. The van der Waals surface area contributed by atoms with Gasteiger partial charge in [0, 0.05) is 12.2 Å². The Balaban J connectivity index is 1.97. The molecule has 10 heteroatoms. The molecule has 3 N–H and O–H groups in total. The van der Waals surface area contributed by atoms with Crippen LogP contribution in [0.5, 0.6) is 11.8 Å². The number of amides is 1. The van der Waals surface area contributed by atoms with Crippen LogP contribution in [0.15, 0.2) is 30.3 Å². The van der Waals surface area contributed by atoms with Crippen molar-refractivity contribution in [2.75, 3.05) is 44.6 Å². The highest BCUT2D eigenvalue weighted by atomic mass is 16.5. The standard InChI is InChI=1S/C17H20N4O6/c1-25-14-9-15(26-2)21-17(20-14)19-13(23)10-27-16(24)11-5-3-4-6-12(11)18-7-8-22/h3-6,9,18,22H,7-8,10H2,1-2H3,(H,19,20,21,23). The van der Waals surface area contributed by atoms with Crippen molar-refractivity contribution >= 4 is 23.5 Å². The first-order chi connectivity index (χ1) is 13.1. The molecule has 0 saturated heterocycles. The van der Waals surface area contributed by atoms with Crippen LogP contribution in [0.2, 0.25) is 0 Å². The number of aliphatic hydroxyl groups excluding tert-OH is 1. The van der Waals surface area contributed by atoms with E-state index in [1.165, 1.54) is 20.3 Å². The summed E-state index contributed by atoms with van der Waals surface area (Å²) in [5.74, 6) is -0.942. The van der Waals surface area contributed by atoms with E-state index in [9.17, 15) is 9.59 Å². The van der Waals surface area contributed by atoms with Gasteiger partial charge in [0.1, 0.15) is 0 Å². The van der Waals surface area contributed by atoms with Gasteiger partial charge in [0.05, 0.1) is 32.5 Å². The first-order valence-electron chi connectivity index (χ1n) is 7.95. The Bertz CT molecular complexity index is 776. The van der Waals surface area contributed by atoms with Crippen molar-refractivity contribution in [2.24, 2.45) is 0 Å². The molecule has 2 aromatic rings. The second-order valence-electron chi connectivity index (χ2n) is 5.10. The van der Waals surface area contributed by atoms with Gasteiger partial charge in [-0.25, -0.2) is 4.79 Å². The number of rotatable bonds is 9. The molecule has 0 aliphatic rings. The van der Waals surface area contributed by atoms with Crippen molar-refractivity contribution in [2.45, 2.75) is 0 Å². The van der Waals surface area contributed by atoms with Crippen LogP contribution < -0.4 is 20.1 Å². The minimum Gasteiger partial charge on any atom is -0.481 e. The summed E-state index contributed by atoms with van der Waals surface area (Å²) in [4.78, 5) is 32.1. The number of nitrogens with zero attached hydrogens (tertiary/aromatic N) is 2. The number of aliphatic hydroxyl groups is 1. The maximum atomic E-state index is 12.2. The minimum absolute atomic E-state index is 0.0442. The Morgan fingerprint density at radius 2 is 1.78 bits per heavy atom. The molecule has 1 aromatic carbocycles. The van der Waals surface area contributed by atoms with Gasteiger partial charge >= 0.3 is 5.97 Å². The normalized spacial score (nSPS) is 10.0. The van der Waals surface area contributed by atoms with Gasteiger partial charge in [-0.15, -0.1) is 0 Å². The van der Waals surface area contributed by atoms with Gasteiger partial charge in [0.25, 0.3) is 5.91 Å². The number of esters is 1. The number of ether oxygens (including phenoxy) is 3. The number of carbonyl (C=O) groups excluding carboxylic acids is 2. The van der Waals surface area contributed by atoms with Gasteiger partial charge in [-0.3, -0.25) is 10.1 Å². The Hall–Kier alpha value is -3.40. The molecule has 0 fully saturated rings. The lowest BCUT2D eigenvalue weighted by molar-refractivity contribution is -0.119. The predicted molar refractivity (Wildman–Crippen MR) is 96.1 cm³/mol. The quantitative estimate of drug-likeness (QED) is 0.541. The largest absolute Gasteiger partial charge is 0.481 e. The third-order valence-electron chi connectivity index (χ3n) is 3.26. The van der Waals surface area contributed by atoms with E-state index in [0.29, 0.717) is 5.69 Å². The van der Waals surface area contributed by atoms with Crippen LogP contribution in [0, 0.1) is 0 Å². The van der Waals surface area contributed by atoms with E-state index in [1.807, 2.05) is 0 Å². The molecule has 0 radical (unpaired) electrons. The molecule has 27 heavy (non-hydrogen) atoms. The van der Waals surface area contributed by atoms with E-state index in [-0.39, 0.29) is 36.4 Å². The number of aromatic nitrogens is 2. The monoisotopic (exact) mass is 376 g/mol. The van der Waals surface area contributed by atoms with E-state index in [2.05, 4.69) is 20.6 Å². The highest BCUT2D eigenvalue weighted by Crippen LogP contribution is 2.18. The third-order valence-corrected chi connectivity index (χ3v) is 3.26. The minimum atomic E-state index is -0.685. The molecule has 0 aliphatic heterocycles. The average Bonchev–Trinajstić information content (AvgIpc) is 2.70. The summed E-state index contributed by atoms with van der Waals surface area (Å²) in [6.07, 6.45) is 0. The summed E-state index contributed by atoms with van der Waals surface area (Å²) >= 11 is 0. The number of hydrogen-bond donors (Lipinski definition) is 3. The lowest BCUT2D eigenvalue weighted by Gasteiger charge is -2.11. The van der Waals surface area contributed by atoms with Crippen LogP contribution in [0.3, 0.4) is 0 Å². The number of nitrogens with one attached hydrogen (secondary N) is 2. The maximum Gasteiger partial charge on any atom is 0.340 e. The molecular formula is C17H20N4O6. The predicted octanol–water partition coefficient (Wildman–Crippen LogP) is 0.693. The van der Waals surface area contributed by atoms with Crippen molar-refractivity contribution in [3.05, 3.63) is 35.9 Å². The fraction of sp³-hybridized carbons (Fsp3) is 0.294. The van der Waals surface area contributed by atoms with Crippen molar-refractivity contribution in [3.8, 4) is 11.8 Å². The smallest absolute Gasteiger partial charge is 0.340 e. The molecule has 1 amide bonds. The molecular weight excluding hydrogens is 356 g/mol. The lowest BCUT2D eigenvalue weighted by atomic mass is 10.2. The number of benzene rings is 1. The van der Waals surface area contributed by atoms with Gasteiger partial charge in [-0.05, 0) is 12.1 Å². The van der Waals surface area contributed by atoms with Crippen molar-refractivity contribution in [1.82, 2.24) is 9.97 Å². The topological polar surface area (TPSA) is 132 Å². The zero-order valence-corrected chi connectivity index (χ0v) is 14.9. The van der Waals surface area contributed by atoms with Crippen molar-refractivity contribution in [1.29, 1.82) is 0 Å².